The summed E-state index contributed by atoms with van der Waals surface area (Å²) in [7, 11) is 0. The Morgan fingerprint density at radius 2 is 1.12 bits per heavy atom. The lowest BCUT2D eigenvalue weighted by Crippen LogP contribution is -2.45. The van der Waals surface area contributed by atoms with E-state index in [9.17, 15) is 0 Å². The summed E-state index contributed by atoms with van der Waals surface area (Å²) < 4.78 is 2.33. The van der Waals surface area contributed by atoms with E-state index in [1.54, 1.807) is 5.56 Å². The largest absolute Gasteiger partial charge is 0.364 e. The van der Waals surface area contributed by atoms with Crippen LogP contribution in [0.1, 0.15) is 95.0 Å². The molecule has 0 N–H and O–H groups in total. The molecule has 3 heterocycles. The highest BCUT2D eigenvalue weighted by Crippen LogP contribution is 2.55. The Hall–Kier alpha value is -4.51. The van der Waals surface area contributed by atoms with Crippen LogP contribution in [0.15, 0.2) is 97.1 Å². The molecule has 1 aliphatic heterocycles. The zero-order valence-corrected chi connectivity index (χ0v) is 29.1. The maximum absolute atomic E-state index is 5.23. The SMILES string of the molecule is c1ccc(-c2nc(-c3ccccc3)nc(-n3c4ccccc4c4c5c(ccc43)[C@H]3CCCCC3N5C3CCC(C4CCCCC4)CC3)n2)cc1. The van der Waals surface area contributed by atoms with Gasteiger partial charge in [-0.25, -0.2) is 4.98 Å². The standard InChI is InChI=1S/C45H47N5/c1-4-14-30(15-5-1)31-24-26-34(27-25-31)49-38-22-12-10-20-35(38)36-28-29-40-41(42(36)49)37-21-11-13-23-39(37)50(40)45-47-43(32-16-6-2-7-17-32)46-44(48-45)33-18-8-3-9-19-33/h2-3,6-9,11,13,16-19,21,23,28-31,34-35,38H,1,4-5,10,12,14-15,20,22,24-27H2/t31?,34?,35-,38?/m1/s1. The summed E-state index contributed by atoms with van der Waals surface area (Å²) in [5, 5.41) is 2.70. The Morgan fingerprint density at radius 3 is 1.84 bits per heavy atom. The van der Waals surface area contributed by atoms with Crippen LogP contribution < -0.4 is 4.90 Å². The van der Waals surface area contributed by atoms with Crippen molar-refractivity contribution in [2.24, 2.45) is 11.8 Å². The number of benzene rings is 4. The molecule has 3 saturated carbocycles. The van der Waals surface area contributed by atoms with E-state index in [1.807, 2.05) is 12.1 Å². The maximum atomic E-state index is 5.23. The lowest BCUT2D eigenvalue weighted by atomic mass is 9.72. The van der Waals surface area contributed by atoms with Gasteiger partial charge in [0.25, 0.3) is 0 Å². The summed E-state index contributed by atoms with van der Waals surface area (Å²) in [5.74, 6) is 4.62. The molecule has 50 heavy (non-hydrogen) atoms. The van der Waals surface area contributed by atoms with E-state index in [-0.39, 0.29) is 0 Å². The van der Waals surface area contributed by atoms with Crippen molar-refractivity contribution in [1.82, 2.24) is 19.5 Å². The molecule has 6 aromatic rings. The fraction of sp³-hybridized carbons (Fsp3) is 0.400. The van der Waals surface area contributed by atoms with Crippen molar-refractivity contribution >= 4 is 27.5 Å². The summed E-state index contributed by atoms with van der Waals surface area (Å²) in [5.41, 5.74) is 7.47. The maximum Gasteiger partial charge on any atom is 0.238 e. The smallest absolute Gasteiger partial charge is 0.238 e. The van der Waals surface area contributed by atoms with E-state index >= 15 is 0 Å². The molecule has 4 aliphatic rings. The predicted molar refractivity (Wildman–Crippen MR) is 205 cm³/mol. The van der Waals surface area contributed by atoms with Crippen LogP contribution in [0.4, 0.5) is 5.69 Å². The topological polar surface area (TPSA) is 46.8 Å². The molecule has 3 aliphatic carbocycles. The van der Waals surface area contributed by atoms with Gasteiger partial charge in [-0.2, -0.15) is 9.97 Å². The van der Waals surface area contributed by atoms with E-state index in [0.29, 0.717) is 35.6 Å². The third-order valence-electron chi connectivity index (χ3n) is 12.9. The molecule has 2 atom stereocenters. The fourth-order valence-corrected chi connectivity index (χ4v) is 10.6. The molecule has 5 heteroatoms. The lowest BCUT2D eigenvalue weighted by molar-refractivity contribution is 0.180. The first-order chi connectivity index (χ1) is 24.8. The molecule has 0 bridgehead atoms. The molecule has 4 aromatic carbocycles. The molecule has 1 unspecified atom stereocenters. The van der Waals surface area contributed by atoms with Crippen molar-refractivity contribution in [3.05, 3.63) is 103 Å². The summed E-state index contributed by atoms with van der Waals surface area (Å²) in [6.45, 7) is 0. The highest BCUT2D eigenvalue weighted by Gasteiger charge is 2.45. The van der Waals surface area contributed by atoms with Crippen LogP contribution >= 0.6 is 0 Å². The van der Waals surface area contributed by atoms with Gasteiger partial charge in [-0.05, 0) is 68.1 Å². The Labute approximate surface area is 295 Å². The van der Waals surface area contributed by atoms with Gasteiger partial charge in [0, 0.05) is 39.9 Å². The number of anilines is 1. The average molecular weight is 658 g/mol. The van der Waals surface area contributed by atoms with Crippen LogP contribution in [0.25, 0.3) is 50.5 Å². The van der Waals surface area contributed by atoms with Crippen LogP contribution in [0.5, 0.6) is 0 Å². The lowest BCUT2D eigenvalue weighted by Gasteiger charge is -2.44. The minimum atomic E-state index is 0.620. The van der Waals surface area contributed by atoms with E-state index in [4.69, 9.17) is 15.0 Å². The molecule has 10 rings (SSSR count). The van der Waals surface area contributed by atoms with Crippen molar-refractivity contribution in [2.75, 3.05) is 4.90 Å². The zero-order valence-electron chi connectivity index (χ0n) is 29.1. The van der Waals surface area contributed by atoms with Crippen LogP contribution in [0.2, 0.25) is 0 Å². The van der Waals surface area contributed by atoms with E-state index in [2.05, 4.69) is 94.4 Å². The van der Waals surface area contributed by atoms with Gasteiger partial charge in [0.15, 0.2) is 11.6 Å². The Morgan fingerprint density at radius 1 is 0.500 bits per heavy atom. The summed E-state index contributed by atoms with van der Waals surface area (Å²) >= 11 is 0. The molecule has 5 nitrogen and oxygen atoms in total. The molecule has 0 spiro atoms. The molecule has 3 fully saturated rings. The molecule has 0 amide bonds. The molecule has 0 saturated heterocycles. The number of hydrogen-bond donors (Lipinski definition) is 0. The highest BCUT2D eigenvalue weighted by molar-refractivity contribution is 6.16. The number of fused-ring (bicyclic) bond motifs is 7. The van der Waals surface area contributed by atoms with Crippen LogP contribution in [0.3, 0.4) is 0 Å². The Balaban J connectivity index is 1.14. The molecule has 0 radical (unpaired) electrons. The minimum Gasteiger partial charge on any atom is -0.364 e. The number of hydrogen-bond acceptors (Lipinski definition) is 4. The minimum absolute atomic E-state index is 0.620. The number of nitrogens with zero attached hydrogens (tertiary/aromatic N) is 5. The van der Waals surface area contributed by atoms with Crippen LogP contribution in [-0.2, 0) is 0 Å². The summed E-state index contributed by atoms with van der Waals surface area (Å²) in [6, 6.07) is 35.8. The monoisotopic (exact) mass is 657 g/mol. The average Bonchev–Trinajstić information content (AvgIpc) is 3.72. The van der Waals surface area contributed by atoms with Crippen molar-refractivity contribution in [2.45, 2.75) is 101 Å². The van der Waals surface area contributed by atoms with E-state index in [1.165, 1.54) is 105 Å². The third kappa shape index (κ3) is 5.07. The second-order valence-electron chi connectivity index (χ2n) is 15.6. The van der Waals surface area contributed by atoms with Gasteiger partial charge in [-0.1, -0.05) is 130 Å². The molecular formula is C45H47N5. The normalized spacial score (nSPS) is 24.0. The molecule has 2 aromatic heterocycles. The van der Waals surface area contributed by atoms with Gasteiger partial charge in [0.1, 0.15) is 0 Å². The fourth-order valence-electron chi connectivity index (χ4n) is 10.6. The first kappa shape index (κ1) is 30.3. The number of para-hydroxylation sites is 1. The van der Waals surface area contributed by atoms with Crippen LogP contribution in [-0.4, -0.2) is 31.6 Å². The molecule has 252 valence electrons. The molecular weight excluding hydrogens is 611 g/mol. The second-order valence-corrected chi connectivity index (χ2v) is 15.6. The Kier molecular flexibility index (Phi) is 7.69. The van der Waals surface area contributed by atoms with Gasteiger partial charge in [-0.3, -0.25) is 4.57 Å². The van der Waals surface area contributed by atoms with E-state index in [0.717, 1.165) is 28.5 Å². The first-order valence-electron chi connectivity index (χ1n) is 19.5. The predicted octanol–water partition coefficient (Wildman–Crippen LogP) is 11.3. The second kappa shape index (κ2) is 12.7. The van der Waals surface area contributed by atoms with Crippen molar-refractivity contribution in [3.63, 3.8) is 0 Å². The Bertz CT molecular complexity index is 2080. The number of rotatable bonds is 5. The van der Waals surface area contributed by atoms with Gasteiger partial charge >= 0.3 is 0 Å². The zero-order chi connectivity index (χ0) is 33.0. The highest BCUT2D eigenvalue weighted by atomic mass is 15.2. The third-order valence-corrected chi connectivity index (χ3v) is 12.9. The van der Waals surface area contributed by atoms with Gasteiger partial charge in [0.2, 0.25) is 5.95 Å². The number of aromatic nitrogens is 4. The quantitative estimate of drug-likeness (QED) is 0.185. The van der Waals surface area contributed by atoms with Gasteiger partial charge < -0.3 is 4.90 Å². The van der Waals surface area contributed by atoms with Crippen molar-refractivity contribution in [3.8, 4) is 28.7 Å². The summed E-state index contributed by atoms with van der Waals surface area (Å²) in [4.78, 5) is 18.5. The van der Waals surface area contributed by atoms with Gasteiger partial charge in [0.05, 0.1) is 16.7 Å². The first-order valence-corrected chi connectivity index (χ1v) is 19.5. The van der Waals surface area contributed by atoms with Crippen LogP contribution in [0, 0.1) is 11.8 Å². The van der Waals surface area contributed by atoms with Crippen molar-refractivity contribution in [1.29, 1.82) is 0 Å². The van der Waals surface area contributed by atoms with Gasteiger partial charge in [-0.15, -0.1) is 0 Å². The van der Waals surface area contributed by atoms with Crippen molar-refractivity contribution < 1.29 is 0 Å². The van der Waals surface area contributed by atoms with E-state index < -0.39 is 0 Å². The summed E-state index contributed by atoms with van der Waals surface area (Å²) in [6.07, 6.45) is 18.1.